The number of imidazole rings is 1. The zero-order valence-electron chi connectivity index (χ0n) is 11.2. The number of nitrogens with zero attached hydrogens (tertiary/aromatic N) is 3. The van der Waals surface area contributed by atoms with Gasteiger partial charge in [-0.2, -0.15) is 0 Å². The van der Waals surface area contributed by atoms with Gasteiger partial charge in [-0.05, 0) is 6.42 Å². The zero-order chi connectivity index (χ0) is 14.4. The third-order valence-corrected chi connectivity index (χ3v) is 3.22. The van der Waals surface area contributed by atoms with Crippen LogP contribution in [0.15, 0.2) is 12.5 Å². The van der Waals surface area contributed by atoms with E-state index in [4.69, 9.17) is 5.11 Å². The van der Waals surface area contributed by atoms with E-state index in [0.717, 1.165) is 12.1 Å². The lowest BCUT2D eigenvalue weighted by atomic mass is 10.4. The first kappa shape index (κ1) is 14.3. The lowest BCUT2D eigenvalue weighted by Gasteiger charge is -2.21. The second-order valence-corrected chi connectivity index (χ2v) is 4.75. The maximum absolute atomic E-state index is 12.0. The summed E-state index contributed by atoms with van der Waals surface area (Å²) in [6.07, 6.45) is 4.01. The predicted octanol–water partition coefficient (Wildman–Crippen LogP) is -0.288. The van der Waals surface area contributed by atoms with Crippen molar-refractivity contribution in [2.24, 2.45) is 0 Å². The molecule has 0 saturated carbocycles. The van der Waals surface area contributed by atoms with E-state index in [1.165, 1.54) is 0 Å². The van der Waals surface area contributed by atoms with E-state index in [2.05, 4.69) is 15.3 Å². The minimum absolute atomic E-state index is 0.0314. The largest absolute Gasteiger partial charge is 0.480 e. The van der Waals surface area contributed by atoms with Crippen molar-refractivity contribution in [3.63, 3.8) is 0 Å². The Morgan fingerprint density at radius 2 is 2.20 bits per heavy atom. The molecule has 8 heteroatoms. The molecular weight excluding hydrogens is 262 g/mol. The monoisotopic (exact) mass is 281 g/mol. The van der Waals surface area contributed by atoms with E-state index >= 15 is 0 Å². The average Bonchev–Trinajstić information content (AvgIpc) is 2.82. The van der Waals surface area contributed by atoms with Gasteiger partial charge < -0.3 is 20.3 Å². The highest BCUT2D eigenvalue weighted by Gasteiger charge is 2.19. The summed E-state index contributed by atoms with van der Waals surface area (Å²) < 4.78 is 0. The van der Waals surface area contributed by atoms with Crippen molar-refractivity contribution in [3.05, 3.63) is 18.2 Å². The molecule has 0 unspecified atom stereocenters. The van der Waals surface area contributed by atoms with Crippen LogP contribution in [-0.4, -0.2) is 69.6 Å². The van der Waals surface area contributed by atoms with E-state index in [1.807, 2.05) is 4.90 Å². The molecule has 2 amide bonds. The standard InChI is InChI=1S/C12H19N5O3/c18-11(19)8-16-2-1-3-17(5-4-16)12(20)14-7-10-6-13-9-15-10/h6,9H,1-5,7-8H2,(H,13,15)(H,14,20)(H,18,19). The molecule has 1 saturated heterocycles. The summed E-state index contributed by atoms with van der Waals surface area (Å²) in [5.74, 6) is -0.831. The van der Waals surface area contributed by atoms with Crippen LogP contribution >= 0.6 is 0 Å². The molecule has 1 aliphatic heterocycles. The number of amides is 2. The molecule has 0 radical (unpaired) electrons. The number of carboxylic acid groups (broad SMARTS) is 1. The molecule has 2 rings (SSSR count). The first-order valence-electron chi connectivity index (χ1n) is 6.59. The van der Waals surface area contributed by atoms with Gasteiger partial charge in [-0.15, -0.1) is 0 Å². The van der Waals surface area contributed by atoms with Crippen LogP contribution in [-0.2, 0) is 11.3 Å². The summed E-state index contributed by atoms with van der Waals surface area (Å²) in [6, 6.07) is -0.128. The van der Waals surface area contributed by atoms with Crippen LogP contribution in [0, 0.1) is 0 Å². The second-order valence-electron chi connectivity index (χ2n) is 4.75. The zero-order valence-corrected chi connectivity index (χ0v) is 11.2. The van der Waals surface area contributed by atoms with Crippen molar-refractivity contribution in [3.8, 4) is 0 Å². The van der Waals surface area contributed by atoms with E-state index in [9.17, 15) is 9.59 Å². The minimum Gasteiger partial charge on any atom is -0.480 e. The Morgan fingerprint density at radius 3 is 2.90 bits per heavy atom. The van der Waals surface area contributed by atoms with Gasteiger partial charge in [0.15, 0.2) is 0 Å². The van der Waals surface area contributed by atoms with E-state index in [0.29, 0.717) is 32.7 Å². The molecule has 0 aromatic carbocycles. The van der Waals surface area contributed by atoms with Gasteiger partial charge in [-0.25, -0.2) is 9.78 Å². The number of rotatable bonds is 4. The minimum atomic E-state index is -0.831. The van der Waals surface area contributed by atoms with Gasteiger partial charge >= 0.3 is 12.0 Å². The number of urea groups is 1. The molecule has 8 nitrogen and oxygen atoms in total. The molecular formula is C12H19N5O3. The van der Waals surface area contributed by atoms with Gasteiger partial charge in [-0.1, -0.05) is 0 Å². The SMILES string of the molecule is O=C(O)CN1CCCN(C(=O)NCc2cnc[nH]2)CC1. The van der Waals surface area contributed by atoms with Crippen LogP contribution in [0.3, 0.4) is 0 Å². The maximum atomic E-state index is 12.0. The molecule has 1 fully saturated rings. The Morgan fingerprint density at radius 1 is 1.35 bits per heavy atom. The van der Waals surface area contributed by atoms with E-state index in [-0.39, 0.29) is 12.6 Å². The summed E-state index contributed by atoms with van der Waals surface area (Å²) in [5.41, 5.74) is 0.848. The fourth-order valence-corrected chi connectivity index (χ4v) is 2.19. The summed E-state index contributed by atoms with van der Waals surface area (Å²) in [4.78, 5) is 33.1. The highest BCUT2D eigenvalue weighted by Crippen LogP contribution is 2.03. The average molecular weight is 281 g/mol. The molecule has 0 aliphatic carbocycles. The smallest absolute Gasteiger partial charge is 0.317 e. The lowest BCUT2D eigenvalue weighted by molar-refractivity contribution is -0.138. The molecule has 0 bridgehead atoms. The molecule has 1 aromatic heterocycles. The van der Waals surface area contributed by atoms with Crippen LogP contribution in [0.2, 0.25) is 0 Å². The molecule has 110 valence electrons. The van der Waals surface area contributed by atoms with E-state index in [1.54, 1.807) is 17.4 Å². The Balaban J connectivity index is 1.77. The van der Waals surface area contributed by atoms with Gasteiger partial charge in [0.25, 0.3) is 0 Å². The molecule has 0 atom stereocenters. The molecule has 20 heavy (non-hydrogen) atoms. The highest BCUT2D eigenvalue weighted by atomic mass is 16.4. The predicted molar refractivity (Wildman–Crippen MR) is 71.1 cm³/mol. The van der Waals surface area contributed by atoms with Crippen molar-refractivity contribution in [2.45, 2.75) is 13.0 Å². The van der Waals surface area contributed by atoms with Gasteiger partial charge in [0.1, 0.15) is 0 Å². The van der Waals surface area contributed by atoms with Crippen LogP contribution in [0.5, 0.6) is 0 Å². The highest BCUT2D eigenvalue weighted by molar-refractivity contribution is 5.74. The Hall–Kier alpha value is -2.09. The van der Waals surface area contributed by atoms with Crippen LogP contribution in [0.25, 0.3) is 0 Å². The van der Waals surface area contributed by atoms with Gasteiger partial charge in [0.2, 0.25) is 0 Å². The van der Waals surface area contributed by atoms with Crippen LogP contribution in [0.1, 0.15) is 12.1 Å². The summed E-state index contributed by atoms with van der Waals surface area (Å²) in [5, 5.41) is 11.6. The number of aromatic amines is 1. The number of aromatic nitrogens is 2. The summed E-state index contributed by atoms with van der Waals surface area (Å²) in [7, 11) is 0. The molecule has 2 heterocycles. The van der Waals surface area contributed by atoms with Crippen LogP contribution < -0.4 is 5.32 Å². The first-order chi connectivity index (χ1) is 9.65. The third kappa shape index (κ3) is 4.23. The second kappa shape index (κ2) is 6.90. The number of carbonyl (C=O) groups is 2. The van der Waals surface area contributed by atoms with Crippen molar-refractivity contribution < 1.29 is 14.7 Å². The van der Waals surface area contributed by atoms with Gasteiger partial charge in [0, 0.05) is 32.4 Å². The number of carboxylic acids is 1. The maximum Gasteiger partial charge on any atom is 0.317 e. The molecule has 1 aromatic rings. The van der Waals surface area contributed by atoms with Crippen molar-refractivity contribution >= 4 is 12.0 Å². The quantitative estimate of drug-likeness (QED) is 0.704. The van der Waals surface area contributed by atoms with Crippen molar-refractivity contribution in [1.29, 1.82) is 0 Å². The molecule has 3 N–H and O–H groups in total. The third-order valence-electron chi connectivity index (χ3n) is 3.22. The number of hydrogen-bond donors (Lipinski definition) is 3. The molecule has 0 spiro atoms. The topological polar surface area (TPSA) is 102 Å². The summed E-state index contributed by atoms with van der Waals surface area (Å²) in [6.45, 7) is 2.92. The number of nitrogens with one attached hydrogen (secondary N) is 2. The normalized spacial score (nSPS) is 16.7. The number of hydrogen-bond acceptors (Lipinski definition) is 4. The fourth-order valence-electron chi connectivity index (χ4n) is 2.19. The van der Waals surface area contributed by atoms with Crippen molar-refractivity contribution in [2.75, 3.05) is 32.7 Å². The fraction of sp³-hybridized carbons (Fsp3) is 0.583. The number of H-pyrrole nitrogens is 1. The first-order valence-corrected chi connectivity index (χ1v) is 6.59. The lowest BCUT2D eigenvalue weighted by Crippen LogP contribution is -2.42. The number of aliphatic carboxylic acids is 1. The van der Waals surface area contributed by atoms with Gasteiger partial charge in [-0.3, -0.25) is 9.69 Å². The molecule has 1 aliphatic rings. The Kier molecular flexibility index (Phi) is 4.94. The van der Waals surface area contributed by atoms with Crippen molar-refractivity contribution in [1.82, 2.24) is 25.1 Å². The Bertz CT molecular complexity index is 448. The van der Waals surface area contributed by atoms with Crippen LogP contribution in [0.4, 0.5) is 4.79 Å². The number of carbonyl (C=O) groups excluding carboxylic acids is 1. The summed E-state index contributed by atoms with van der Waals surface area (Å²) >= 11 is 0. The Labute approximate surface area is 116 Å². The van der Waals surface area contributed by atoms with E-state index < -0.39 is 5.97 Å². The van der Waals surface area contributed by atoms with Gasteiger partial charge in [0.05, 0.1) is 25.1 Å².